The van der Waals surface area contributed by atoms with Crippen LogP contribution in [0.15, 0.2) is 147 Å². The number of benzene rings is 3. The highest BCUT2D eigenvalue weighted by Gasteiger charge is 2.19. The van der Waals surface area contributed by atoms with Gasteiger partial charge in [-0.2, -0.15) is 15.0 Å². The summed E-state index contributed by atoms with van der Waals surface area (Å²) < 4.78 is 1.34. The van der Waals surface area contributed by atoms with E-state index in [1.54, 1.807) is 43.0 Å². The molecule has 0 bridgehead atoms. The third kappa shape index (κ3) is 15.8. The second-order valence-corrected chi connectivity index (χ2v) is 22.3. The molecule has 14 rings (SSSR count). The smallest absolute Gasteiger partial charge is 0.332 e. The Labute approximate surface area is 516 Å². The Morgan fingerprint density at radius 3 is 1.38 bits per heavy atom. The molecular formula is C63H74N24O2. The van der Waals surface area contributed by atoms with Crippen molar-refractivity contribution in [3.63, 3.8) is 0 Å². The number of nitrogen functional groups attached to an aromatic ring is 1. The van der Waals surface area contributed by atoms with Crippen LogP contribution in [0.1, 0.15) is 27.1 Å². The lowest BCUT2D eigenvalue weighted by atomic mass is 10.2. The lowest BCUT2D eigenvalue weighted by Crippen LogP contribution is -2.44. The van der Waals surface area contributed by atoms with Crippen LogP contribution in [-0.2, 0) is 0 Å². The highest BCUT2D eigenvalue weighted by molar-refractivity contribution is 5.92. The van der Waals surface area contributed by atoms with Gasteiger partial charge in [-0.15, -0.1) is 0 Å². The number of pyridine rings is 3. The number of aromatic nitrogens is 11. The van der Waals surface area contributed by atoms with E-state index in [1.807, 2.05) is 54.6 Å². The minimum atomic E-state index is -0.345. The number of nitrogens with two attached hydrogens (primary N) is 1. The van der Waals surface area contributed by atoms with Crippen LogP contribution in [0.4, 0.5) is 79.0 Å². The molecule has 10 aromatic rings. The number of rotatable bonds is 12. The standard InChI is InChI=1S/C23H28N8O.C22H23N9O.C18H21N7.H2/c32-23(27-17-3-1-2-4-17)29-20-10-5-16-15-25-22(30-21(16)28-20)26-18-6-8-19(9-7-18)31-13-11-24-12-14-31;1-29-10-12-30(13-11-29)18-5-3-17(4-6-18)25-21-24-14-16-2-7-19(26-20(16)28-21)27-22(32)31-9-8-23-15-31;1-24-8-10-25(11-9-24)15-5-3-14(4-6-15)21-18-20-12-13-2-7-16(19)22-17(13)23-18;/h5-10,15,17,24H,1-4,11-14H2,(H3,25,26,27,28,29,30,32);2-9,14-15H,10-13H2,1H3,(H2,24,25,26,27,28,32);2-7,12H,8-11H2,1H3,(H3,19,20,21,22,23);1H. The van der Waals surface area contributed by atoms with Crippen molar-refractivity contribution < 1.29 is 11.0 Å². The maximum absolute atomic E-state index is 12.2. The Morgan fingerprint density at radius 1 is 0.506 bits per heavy atom. The predicted molar refractivity (Wildman–Crippen MR) is 353 cm³/mol. The molecular weight excluding hydrogens is 1120 g/mol. The molecule has 1 saturated carbocycles. The van der Waals surface area contributed by atoms with E-state index in [4.69, 9.17) is 5.73 Å². The molecule has 26 heteroatoms. The first kappa shape index (κ1) is 58.9. The fraction of sp³-hybridized carbons (Fsp3) is 0.302. The number of hydrogen-bond acceptors (Lipinski definition) is 22. The van der Waals surface area contributed by atoms with Gasteiger partial charge in [0.25, 0.3) is 0 Å². The molecule has 26 nitrogen and oxygen atoms in total. The second-order valence-electron chi connectivity index (χ2n) is 22.3. The van der Waals surface area contributed by atoms with Gasteiger partial charge >= 0.3 is 12.1 Å². The highest BCUT2D eigenvalue weighted by Crippen LogP contribution is 2.26. The third-order valence-corrected chi connectivity index (χ3v) is 15.8. The molecule has 1 aliphatic carbocycles. The van der Waals surface area contributed by atoms with Crippen molar-refractivity contribution in [3.8, 4) is 0 Å². The van der Waals surface area contributed by atoms with Crippen LogP contribution in [0, 0.1) is 0 Å². The summed E-state index contributed by atoms with van der Waals surface area (Å²) in [7, 11) is 4.32. The van der Waals surface area contributed by atoms with Gasteiger partial charge in [0, 0.05) is 167 Å². The Morgan fingerprint density at radius 2 is 0.933 bits per heavy atom. The fourth-order valence-electron chi connectivity index (χ4n) is 10.7. The van der Waals surface area contributed by atoms with Crippen LogP contribution in [0.5, 0.6) is 0 Å². The number of nitrogens with one attached hydrogen (secondary N) is 7. The van der Waals surface area contributed by atoms with Gasteiger partial charge in [0.2, 0.25) is 17.8 Å². The van der Waals surface area contributed by atoms with E-state index in [9.17, 15) is 9.59 Å². The minimum Gasteiger partial charge on any atom is -0.384 e. The van der Waals surface area contributed by atoms with E-state index in [-0.39, 0.29) is 19.5 Å². The number of nitrogens with zero attached hydrogens (tertiary/aromatic N) is 16. The van der Waals surface area contributed by atoms with Crippen LogP contribution < -0.4 is 57.7 Å². The van der Waals surface area contributed by atoms with Crippen molar-refractivity contribution in [1.82, 2.24) is 74.8 Å². The van der Waals surface area contributed by atoms with Crippen LogP contribution in [0.2, 0.25) is 0 Å². The Kier molecular flexibility index (Phi) is 18.5. The van der Waals surface area contributed by atoms with Gasteiger partial charge in [0.1, 0.15) is 23.8 Å². The molecule has 0 radical (unpaired) electrons. The summed E-state index contributed by atoms with van der Waals surface area (Å²) in [6, 6.07) is 35.4. The Balaban J connectivity index is 0.000000139. The van der Waals surface area contributed by atoms with Crippen LogP contribution in [0.3, 0.4) is 0 Å². The van der Waals surface area contributed by atoms with Gasteiger partial charge in [-0.3, -0.25) is 15.2 Å². The summed E-state index contributed by atoms with van der Waals surface area (Å²) in [5, 5.41) is 24.1. The lowest BCUT2D eigenvalue weighted by molar-refractivity contribution is 0.248. The zero-order valence-electron chi connectivity index (χ0n) is 49.8. The molecule has 89 heavy (non-hydrogen) atoms. The van der Waals surface area contributed by atoms with Gasteiger partial charge in [-0.1, -0.05) is 12.8 Å². The average molecular weight is 1200 g/mol. The zero-order chi connectivity index (χ0) is 60.9. The molecule has 3 aliphatic heterocycles. The van der Waals surface area contributed by atoms with Gasteiger partial charge in [-0.05, 0) is 136 Å². The summed E-state index contributed by atoms with van der Waals surface area (Å²) in [4.78, 5) is 79.9. The number of anilines is 12. The molecule has 0 unspecified atom stereocenters. The van der Waals surface area contributed by atoms with E-state index in [2.05, 4.69) is 162 Å². The first-order chi connectivity index (χ1) is 43.5. The molecule has 9 N–H and O–H groups in total. The molecule has 0 atom stereocenters. The Hall–Kier alpha value is -10.4. The molecule has 3 saturated heterocycles. The fourth-order valence-corrected chi connectivity index (χ4v) is 10.7. The number of fused-ring (bicyclic) bond motifs is 3. The Bertz CT molecular complexity index is 3990. The van der Waals surface area contributed by atoms with E-state index < -0.39 is 0 Å². The van der Waals surface area contributed by atoms with E-state index >= 15 is 0 Å². The molecule has 4 aliphatic rings. The molecule has 3 aromatic carbocycles. The quantitative estimate of drug-likeness (QED) is 0.0569. The van der Waals surface area contributed by atoms with Crippen LogP contribution >= 0.6 is 0 Å². The third-order valence-electron chi connectivity index (χ3n) is 15.8. The second kappa shape index (κ2) is 27.9. The summed E-state index contributed by atoms with van der Waals surface area (Å²) in [5.74, 6) is 2.74. The molecule has 0 spiro atoms. The van der Waals surface area contributed by atoms with Gasteiger partial charge in [-0.25, -0.2) is 44.5 Å². The number of imidazole rings is 1. The monoisotopic (exact) mass is 1200 g/mol. The SMILES string of the molecule is CN1CCN(c2ccc(Nc3ncc4ccc(N)nc4n3)cc2)CC1.CN1CCN(c2ccc(Nc3ncc4ccc(NC(=O)n5ccnc5)nc4n3)cc2)CC1.O=C(Nc1ccc2cnc(Nc3ccc(N4CCNCC4)cc3)nc2n1)NC1CCCC1.[HH]. The van der Waals surface area contributed by atoms with Crippen molar-refractivity contribution in [2.75, 3.05) is 140 Å². The number of likely N-dealkylation sites (N-methyl/N-ethyl adjacent to an activating group) is 2. The van der Waals surface area contributed by atoms with Crippen LogP contribution in [0.25, 0.3) is 33.1 Å². The lowest BCUT2D eigenvalue weighted by Gasteiger charge is -2.34. The molecule has 10 heterocycles. The van der Waals surface area contributed by atoms with Gasteiger partial charge in [0.15, 0.2) is 16.9 Å². The van der Waals surface area contributed by atoms with Crippen molar-refractivity contribution in [2.45, 2.75) is 31.7 Å². The topological polar surface area (TPSA) is 294 Å². The largest absolute Gasteiger partial charge is 0.384 e. The van der Waals surface area contributed by atoms with Crippen molar-refractivity contribution >= 4 is 115 Å². The predicted octanol–water partition coefficient (Wildman–Crippen LogP) is 8.39. The summed E-state index contributed by atoms with van der Waals surface area (Å²) in [6.45, 7) is 12.6. The number of hydrogen-bond donors (Lipinski definition) is 8. The first-order valence-electron chi connectivity index (χ1n) is 30.0. The molecule has 7 aromatic heterocycles. The highest BCUT2D eigenvalue weighted by atomic mass is 16.2. The number of carbonyl (C=O) groups excluding carboxylic acids is 2. The normalized spacial score (nSPS) is 15.6. The van der Waals surface area contributed by atoms with E-state index in [0.29, 0.717) is 52.2 Å². The number of urea groups is 1. The van der Waals surface area contributed by atoms with Crippen molar-refractivity contribution in [1.29, 1.82) is 0 Å². The van der Waals surface area contributed by atoms with Gasteiger partial charge < -0.3 is 56.8 Å². The average Bonchev–Trinajstić information content (AvgIpc) is 4.28. The van der Waals surface area contributed by atoms with Gasteiger partial charge in [0.05, 0.1) is 0 Å². The number of amides is 3. The van der Waals surface area contributed by atoms with Crippen molar-refractivity contribution in [2.24, 2.45) is 0 Å². The summed E-state index contributed by atoms with van der Waals surface area (Å²) in [5.41, 5.74) is 13.7. The number of piperazine rings is 3. The minimum absolute atomic E-state index is 0. The molecule has 458 valence electrons. The number of carbonyl (C=O) groups is 2. The van der Waals surface area contributed by atoms with Crippen molar-refractivity contribution in [3.05, 3.63) is 147 Å². The summed E-state index contributed by atoms with van der Waals surface area (Å²) >= 11 is 0. The molecule has 4 fully saturated rings. The van der Waals surface area contributed by atoms with E-state index in [0.717, 1.165) is 125 Å². The molecule has 3 amide bonds. The first-order valence-corrected chi connectivity index (χ1v) is 30.0. The maximum atomic E-state index is 12.2. The maximum Gasteiger partial charge on any atom is 0.332 e. The summed E-state index contributed by atoms with van der Waals surface area (Å²) in [6.07, 6.45) is 14.1. The zero-order valence-corrected chi connectivity index (χ0v) is 49.8. The van der Waals surface area contributed by atoms with Crippen LogP contribution in [-0.4, -0.2) is 175 Å². The van der Waals surface area contributed by atoms with E-state index in [1.165, 1.54) is 47.0 Å².